The molecule has 3 rings (SSSR count). The number of aromatic amines is 1. The van der Waals surface area contributed by atoms with Gasteiger partial charge in [0.15, 0.2) is 0 Å². The SMILES string of the molecule is Nc1n[nH]c2c1CN(Cc1ccco1)CC2. The molecule has 2 aromatic rings. The lowest BCUT2D eigenvalue weighted by molar-refractivity contribution is 0.225. The number of H-pyrrole nitrogens is 1. The van der Waals surface area contributed by atoms with Crippen molar-refractivity contribution in [3.63, 3.8) is 0 Å². The average Bonchev–Trinajstić information content (AvgIpc) is 2.90. The van der Waals surface area contributed by atoms with Crippen molar-refractivity contribution in [2.24, 2.45) is 0 Å². The number of hydrogen-bond acceptors (Lipinski definition) is 4. The molecule has 0 bridgehead atoms. The van der Waals surface area contributed by atoms with Crippen LogP contribution in [0.4, 0.5) is 5.82 Å². The van der Waals surface area contributed by atoms with E-state index in [-0.39, 0.29) is 0 Å². The first-order chi connectivity index (χ1) is 7.83. The van der Waals surface area contributed by atoms with Gasteiger partial charge in [0.25, 0.3) is 0 Å². The van der Waals surface area contributed by atoms with Crippen LogP contribution in [-0.2, 0) is 19.5 Å². The molecule has 16 heavy (non-hydrogen) atoms. The van der Waals surface area contributed by atoms with E-state index in [0.717, 1.165) is 37.4 Å². The van der Waals surface area contributed by atoms with E-state index < -0.39 is 0 Å². The van der Waals surface area contributed by atoms with Crippen LogP contribution in [0.5, 0.6) is 0 Å². The lowest BCUT2D eigenvalue weighted by Gasteiger charge is -2.25. The maximum absolute atomic E-state index is 5.80. The van der Waals surface area contributed by atoms with Crippen molar-refractivity contribution in [3.05, 3.63) is 35.4 Å². The van der Waals surface area contributed by atoms with Gasteiger partial charge < -0.3 is 10.2 Å². The van der Waals surface area contributed by atoms with Crippen molar-refractivity contribution in [2.45, 2.75) is 19.5 Å². The van der Waals surface area contributed by atoms with E-state index in [1.165, 1.54) is 5.69 Å². The highest BCUT2D eigenvalue weighted by Crippen LogP contribution is 2.22. The fourth-order valence-corrected chi connectivity index (χ4v) is 2.13. The van der Waals surface area contributed by atoms with E-state index in [1.807, 2.05) is 12.1 Å². The number of hydrogen-bond donors (Lipinski definition) is 2. The molecule has 84 valence electrons. The molecule has 5 heteroatoms. The molecule has 0 saturated carbocycles. The Balaban J connectivity index is 1.75. The molecule has 5 nitrogen and oxygen atoms in total. The van der Waals surface area contributed by atoms with Crippen LogP contribution < -0.4 is 5.73 Å². The predicted octanol–water partition coefficient (Wildman–Crippen LogP) is 1.14. The molecule has 0 aliphatic carbocycles. The fraction of sp³-hybridized carbons (Fsp3) is 0.364. The first-order valence-corrected chi connectivity index (χ1v) is 5.39. The topological polar surface area (TPSA) is 71.1 Å². The molecule has 0 saturated heterocycles. The van der Waals surface area contributed by atoms with E-state index in [9.17, 15) is 0 Å². The van der Waals surface area contributed by atoms with Crippen molar-refractivity contribution in [3.8, 4) is 0 Å². The summed E-state index contributed by atoms with van der Waals surface area (Å²) in [6, 6.07) is 3.91. The molecule has 1 aliphatic heterocycles. The Hall–Kier alpha value is -1.75. The summed E-state index contributed by atoms with van der Waals surface area (Å²) in [5, 5.41) is 7.01. The molecule has 1 aliphatic rings. The molecule has 3 heterocycles. The first-order valence-electron chi connectivity index (χ1n) is 5.39. The highest BCUT2D eigenvalue weighted by molar-refractivity contribution is 5.43. The number of nitrogen functional groups attached to an aromatic ring is 1. The number of nitrogens with zero attached hydrogens (tertiary/aromatic N) is 2. The molecule has 0 radical (unpaired) electrons. The monoisotopic (exact) mass is 218 g/mol. The number of furan rings is 1. The van der Waals surface area contributed by atoms with Crippen LogP contribution >= 0.6 is 0 Å². The van der Waals surface area contributed by atoms with Gasteiger partial charge >= 0.3 is 0 Å². The van der Waals surface area contributed by atoms with Gasteiger partial charge in [0.1, 0.15) is 11.6 Å². The smallest absolute Gasteiger partial charge is 0.149 e. The van der Waals surface area contributed by atoms with Gasteiger partial charge in [-0.3, -0.25) is 10.00 Å². The summed E-state index contributed by atoms with van der Waals surface area (Å²) in [6.45, 7) is 2.69. The van der Waals surface area contributed by atoms with Gasteiger partial charge in [0, 0.05) is 30.8 Å². The Kier molecular flexibility index (Phi) is 2.18. The normalized spacial score (nSPS) is 16.2. The van der Waals surface area contributed by atoms with Gasteiger partial charge in [0.2, 0.25) is 0 Å². The number of fused-ring (bicyclic) bond motifs is 1. The summed E-state index contributed by atoms with van der Waals surface area (Å²) in [7, 11) is 0. The highest BCUT2D eigenvalue weighted by Gasteiger charge is 2.21. The number of aromatic nitrogens is 2. The van der Waals surface area contributed by atoms with Crippen LogP contribution in [0.2, 0.25) is 0 Å². The summed E-state index contributed by atoms with van der Waals surface area (Å²) in [4.78, 5) is 2.31. The van der Waals surface area contributed by atoms with Crippen molar-refractivity contribution < 1.29 is 4.42 Å². The number of nitrogens with one attached hydrogen (secondary N) is 1. The van der Waals surface area contributed by atoms with Gasteiger partial charge in [0.05, 0.1) is 12.8 Å². The molecule has 0 fully saturated rings. The third-order valence-corrected chi connectivity index (χ3v) is 3.00. The maximum atomic E-state index is 5.80. The van der Waals surface area contributed by atoms with E-state index in [1.54, 1.807) is 6.26 Å². The summed E-state index contributed by atoms with van der Waals surface area (Å²) >= 11 is 0. The first kappa shape index (κ1) is 9.47. The standard InChI is InChI=1S/C11H14N4O/c12-11-9-7-15(4-3-10(9)13-14-11)6-8-2-1-5-16-8/h1-2,5H,3-4,6-7H2,(H3,12,13,14). The number of rotatable bonds is 2. The van der Waals surface area contributed by atoms with E-state index in [4.69, 9.17) is 10.2 Å². The summed E-state index contributed by atoms with van der Waals surface area (Å²) in [6.07, 6.45) is 2.68. The lowest BCUT2D eigenvalue weighted by atomic mass is 10.1. The number of anilines is 1. The summed E-state index contributed by atoms with van der Waals surface area (Å²) in [5.74, 6) is 1.62. The molecule has 2 aromatic heterocycles. The van der Waals surface area contributed by atoms with Gasteiger partial charge in [-0.2, -0.15) is 5.10 Å². The Morgan fingerprint density at radius 2 is 2.50 bits per heavy atom. The predicted molar refractivity (Wildman–Crippen MR) is 59.5 cm³/mol. The van der Waals surface area contributed by atoms with E-state index in [0.29, 0.717) is 5.82 Å². The van der Waals surface area contributed by atoms with Crippen LogP contribution in [0.25, 0.3) is 0 Å². The van der Waals surface area contributed by atoms with Crippen LogP contribution in [0.3, 0.4) is 0 Å². The average molecular weight is 218 g/mol. The zero-order valence-corrected chi connectivity index (χ0v) is 8.94. The Bertz CT molecular complexity index is 474. The molecule has 0 unspecified atom stereocenters. The Morgan fingerprint density at radius 3 is 3.31 bits per heavy atom. The summed E-state index contributed by atoms with van der Waals surface area (Å²) in [5.41, 5.74) is 8.12. The molecule has 0 spiro atoms. The molecule has 3 N–H and O–H groups in total. The zero-order valence-electron chi connectivity index (χ0n) is 8.94. The van der Waals surface area contributed by atoms with Crippen molar-refractivity contribution in [1.29, 1.82) is 0 Å². The lowest BCUT2D eigenvalue weighted by Crippen LogP contribution is -2.29. The van der Waals surface area contributed by atoms with Crippen molar-refractivity contribution in [2.75, 3.05) is 12.3 Å². The maximum Gasteiger partial charge on any atom is 0.149 e. The van der Waals surface area contributed by atoms with Crippen molar-refractivity contribution in [1.82, 2.24) is 15.1 Å². The van der Waals surface area contributed by atoms with Gasteiger partial charge in [-0.25, -0.2) is 0 Å². The molecule has 0 atom stereocenters. The van der Waals surface area contributed by atoms with Crippen LogP contribution in [0.15, 0.2) is 22.8 Å². The van der Waals surface area contributed by atoms with Crippen LogP contribution in [-0.4, -0.2) is 21.6 Å². The number of nitrogens with two attached hydrogens (primary N) is 1. The van der Waals surface area contributed by atoms with E-state index >= 15 is 0 Å². The van der Waals surface area contributed by atoms with Gasteiger partial charge in [-0.15, -0.1) is 0 Å². The van der Waals surface area contributed by atoms with Gasteiger partial charge in [-0.05, 0) is 12.1 Å². The largest absolute Gasteiger partial charge is 0.468 e. The third kappa shape index (κ3) is 1.59. The minimum atomic E-state index is 0.624. The van der Waals surface area contributed by atoms with Crippen LogP contribution in [0.1, 0.15) is 17.0 Å². The minimum Gasteiger partial charge on any atom is -0.468 e. The molecular formula is C11H14N4O. The fourth-order valence-electron chi connectivity index (χ4n) is 2.13. The van der Waals surface area contributed by atoms with E-state index in [2.05, 4.69) is 15.1 Å². The molecule has 0 aromatic carbocycles. The summed E-state index contributed by atoms with van der Waals surface area (Å²) < 4.78 is 5.34. The Labute approximate surface area is 93.2 Å². The quantitative estimate of drug-likeness (QED) is 0.793. The second kappa shape index (κ2) is 3.68. The van der Waals surface area contributed by atoms with Gasteiger partial charge in [-0.1, -0.05) is 0 Å². The second-order valence-electron chi connectivity index (χ2n) is 4.11. The third-order valence-electron chi connectivity index (χ3n) is 3.00. The highest BCUT2D eigenvalue weighted by atomic mass is 16.3. The zero-order chi connectivity index (χ0) is 11.0. The Morgan fingerprint density at radius 1 is 1.56 bits per heavy atom. The van der Waals surface area contributed by atoms with Crippen molar-refractivity contribution >= 4 is 5.82 Å². The molecule has 0 amide bonds. The van der Waals surface area contributed by atoms with Crippen LogP contribution in [0, 0.1) is 0 Å². The minimum absolute atomic E-state index is 0.624. The second-order valence-corrected chi connectivity index (χ2v) is 4.11. The molecular weight excluding hydrogens is 204 g/mol.